The third-order valence-corrected chi connectivity index (χ3v) is 4.33. The van der Waals surface area contributed by atoms with Crippen molar-refractivity contribution in [1.82, 2.24) is 10.2 Å². The molecule has 0 heterocycles. The van der Waals surface area contributed by atoms with Gasteiger partial charge in [0.15, 0.2) is 0 Å². The first-order valence-electron chi connectivity index (χ1n) is 8.02. The summed E-state index contributed by atoms with van der Waals surface area (Å²) in [5.41, 5.74) is 1.35. The quantitative estimate of drug-likeness (QED) is 0.787. The Morgan fingerprint density at radius 1 is 1.24 bits per heavy atom. The lowest BCUT2D eigenvalue weighted by molar-refractivity contribution is 0.113. The van der Waals surface area contributed by atoms with Gasteiger partial charge in [-0.1, -0.05) is 26.0 Å². The fraction of sp³-hybridized carbons (Fsp3) is 0.667. The van der Waals surface area contributed by atoms with Crippen LogP contribution in [0.1, 0.15) is 52.6 Å². The Hall–Kier alpha value is -1.06. The lowest BCUT2D eigenvalue weighted by Crippen LogP contribution is -2.51. The van der Waals surface area contributed by atoms with Crippen LogP contribution in [0.15, 0.2) is 24.3 Å². The smallest absolute Gasteiger partial charge is 0.120 e. The molecule has 0 spiro atoms. The number of nitrogens with zero attached hydrogens (tertiary/aromatic N) is 1. The molecule has 3 heteroatoms. The van der Waals surface area contributed by atoms with E-state index in [-0.39, 0.29) is 17.7 Å². The van der Waals surface area contributed by atoms with Gasteiger partial charge in [-0.25, -0.2) is 0 Å². The first kappa shape index (κ1) is 18.0. The van der Waals surface area contributed by atoms with Gasteiger partial charge in [0.1, 0.15) is 5.75 Å². The standard InChI is InChI=1S/C18H32N2O/c1-8-18(5,20(6)7)17(19-9-2)15-11-10-12-16(13-15)21-14(3)4/h10-14,17,19H,8-9H2,1-7H3. The fourth-order valence-electron chi connectivity index (χ4n) is 2.72. The van der Waals surface area contributed by atoms with E-state index >= 15 is 0 Å². The van der Waals surface area contributed by atoms with Crippen LogP contribution in [-0.4, -0.2) is 37.2 Å². The van der Waals surface area contributed by atoms with Crippen LogP contribution in [0.2, 0.25) is 0 Å². The predicted octanol–water partition coefficient (Wildman–Crippen LogP) is 3.85. The van der Waals surface area contributed by atoms with E-state index in [9.17, 15) is 0 Å². The number of likely N-dealkylation sites (N-methyl/N-ethyl adjacent to an activating group) is 2. The molecule has 0 aliphatic carbocycles. The number of rotatable bonds is 8. The van der Waals surface area contributed by atoms with Gasteiger partial charge in [-0.05, 0) is 65.5 Å². The van der Waals surface area contributed by atoms with Crippen LogP contribution in [0.3, 0.4) is 0 Å². The summed E-state index contributed by atoms with van der Waals surface area (Å²) in [5, 5.41) is 3.66. The van der Waals surface area contributed by atoms with Crippen molar-refractivity contribution in [2.24, 2.45) is 0 Å². The third-order valence-electron chi connectivity index (χ3n) is 4.33. The van der Waals surface area contributed by atoms with E-state index in [1.165, 1.54) is 5.56 Å². The summed E-state index contributed by atoms with van der Waals surface area (Å²) < 4.78 is 5.85. The summed E-state index contributed by atoms with van der Waals surface area (Å²) >= 11 is 0. The van der Waals surface area contributed by atoms with Crippen LogP contribution >= 0.6 is 0 Å². The Labute approximate surface area is 130 Å². The van der Waals surface area contributed by atoms with Crippen LogP contribution < -0.4 is 10.1 Å². The van der Waals surface area contributed by atoms with Gasteiger partial charge in [0.2, 0.25) is 0 Å². The lowest BCUT2D eigenvalue weighted by atomic mass is 9.83. The van der Waals surface area contributed by atoms with Crippen LogP contribution in [0, 0.1) is 0 Å². The van der Waals surface area contributed by atoms with Crippen molar-refractivity contribution < 1.29 is 4.74 Å². The first-order valence-corrected chi connectivity index (χ1v) is 8.02. The van der Waals surface area contributed by atoms with Gasteiger partial charge in [-0.2, -0.15) is 0 Å². The molecule has 2 atom stereocenters. The normalized spacial score (nSPS) is 16.0. The van der Waals surface area contributed by atoms with Gasteiger partial charge in [0.25, 0.3) is 0 Å². The van der Waals surface area contributed by atoms with E-state index in [0.717, 1.165) is 18.7 Å². The van der Waals surface area contributed by atoms with Crippen molar-refractivity contribution in [3.63, 3.8) is 0 Å². The maximum absolute atomic E-state index is 5.85. The molecule has 1 aromatic carbocycles. The van der Waals surface area contributed by atoms with Crippen molar-refractivity contribution >= 4 is 0 Å². The number of hydrogen-bond acceptors (Lipinski definition) is 3. The van der Waals surface area contributed by atoms with Gasteiger partial charge in [-0.3, -0.25) is 0 Å². The second-order valence-electron chi connectivity index (χ2n) is 6.33. The van der Waals surface area contributed by atoms with Crippen LogP contribution in [0.5, 0.6) is 5.75 Å². The molecule has 0 radical (unpaired) electrons. The van der Waals surface area contributed by atoms with Gasteiger partial charge >= 0.3 is 0 Å². The minimum Gasteiger partial charge on any atom is -0.491 e. The first-order chi connectivity index (χ1) is 9.85. The largest absolute Gasteiger partial charge is 0.491 e. The summed E-state index contributed by atoms with van der Waals surface area (Å²) in [4.78, 5) is 2.32. The molecule has 0 saturated carbocycles. The van der Waals surface area contributed by atoms with E-state index < -0.39 is 0 Å². The molecule has 0 fully saturated rings. The molecule has 0 aliphatic rings. The number of benzene rings is 1. The van der Waals surface area contributed by atoms with E-state index in [0.29, 0.717) is 0 Å². The van der Waals surface area contributed by atoms with Gasteiger partial charge in [-0.15, -0.1) is 0 Å². The highest BCUT2D eigenvalue weighted by Crippen LogP contribution is 2.34. The molecule has 0 aliphatic heterocycles. The molecule has 1 rings (SSSR count). The number of ether oxygens (including phenoxy) is 1. The zero-order valence-corrected chi connectivity index (χ0v) is 14.7. The third kappa shape index (κ3) is 4.45. The van der Waals surface area contributed by atoms with Crippen molar-refractivity contribution in [3.8, 4) is 5.75 Å². The van der Waals surface area contributed by atoms with E-state index in [1.54, 1.807) is 0 Å². The zero-order valence-electron chi connectivity index (χ0n) is 14.7. The summed E-state index contributed by atoms with van der Waals surface area (Å²) in [7, 11) is 4.31. The Kier molecular flexibility index (Phi) is 6.69. The number of hydrogen-bond donors (Lipinski definition) is 1. The SMILES string of the molecule is CCNC(c1cccc(OC(C)C)c1)C(C)(CC)N(C)C. The van der Waals surface area contributed by atoms with E-state index in [2.05, 4.69) is 77.1 Å². The zero-order chi connectivity index (χ0) is 16.0. The maximum Gasteiger partial charge on any atom is 0.120 e. The Morgan fingerprint density at radius 2 is 1.90 bits per heavy atom. The van der Waals surface area contributed by atoms with Crippen LogP contribution in [-0.2, 0) is 0 Å². The second-order valence-corrected chi connectivity index (χ2v) is 6.33. The Balaban J connectivity index is 3.16. The number of nitrogens with one attached hydrogen (secondary N) is 1. The monoisotopic (exact) mass is 292 g/mol. The molecule has 0 aromatic heterocycles. The predicted molar refractivity (Wildman–Crippen MR) is 91.0 cm³/mol. The average molecular weight is 292 g/mol. The summed E-state index contributed by atoms with van der Waals surface area (Å²) in [6.45, 7) is 11.8. The summed E-state index contributed by atoms with van der Waals surface area (Å²) in [5.74, 6) is 0.947. The Morgan fingerprint density at radius 3 is 2.38 bits per heavy atom. The highest BCUT2D eigenvalue weighted by atomic mass is 16.5. The minimum absolute atomic E-state index is 0.0620. The van der Waals surface area contributed by atoms with Crippen LogP contribution in [0.4, 0.5) is 0 Å². The highest BCUT2D eigenvalue weighted by molar-refractivity contribution is 5.32. The molecule has 120 valence electrons. The molecule has 1 N–H and O–H groups in total. The molecular weight excluding hydrogens is 260 g/mol. The van der Waals surface area contributed by atoms with Crippen molar-refractivity contribution in [3.05, 3.63) is 29.8 Å². The fourth-order valence-corrected chi connectivity index (χ4v) is 2.72. The van der Waals surface area contributed by atoms with E-state index in [4.69, 9.17) is 4.74 Å². The Bertz CT molecular complexity index is 431. The summed E-state index contributed by atoms with van der Waals surface area (Å²) in [6.07, 6.45) is 1.27. The van der Waals surface area contributed by atoms with Crippen molar-refractivity contribution in [1.29, 1.82) is 0 Å². The van der Waals surface area contributed by atoms with Crippen molar-refractivity contribution in [2.75, 3.05) is 20.6 Å². The van der Waals surface area contributed by atoms with Crippen LogP contribution in [0.25, 0.3) is 0 Å². The maximum atomic E-state index is 5.85. The topological polar surface area (TPSA) is 24.5 Å². The van der Waals surface area contributed by atoms with Gasteiger partial charge in [0, 0.05) is 5.54 Å². The van der Waals surface area contributed by atoms with Gasteiger partial charge < -0.3 is 15.0 Å². The summed E-state index contributed by atoms with van der Waals surface area (Å²) in [6, 6.07) is 8.76. The average Bonchev–Trinajstić information content (AvgIpc) is 2.43. The molecular formula is C18H32N2O. The molecule has 2 unspecified atom stereocenters. The molecule has 3 nitrogen and oxygen atoms in total. The van der Waals surface area contributed by atoms with Gasteiger partial charge in [0.05, 0.1) is 12.1 Å². The highest BCUT2D eigenvalue weighted by Gasteiger charge is 2.35. The second kappa shape index (κ2) is 7.81. The van der Waals surface area contributed by atoms with E-state index in [1.807, 2.05) is 6.07 Å². The molecule has 0 saturated heterocycles. The molecule has 0 bridgehead atoms. The lowest BCUT2D eigenvalue weighted by Gasteiger charge is -2.43. The minimum atomic E-state index is 0.0620. The molecule has 1 aromatic rings. The molecule has 21 heavy (non-hydrogen) atoms. The molecule has 0 amide bonds. The van der Waals surface area contributed by atoms with Crippen molar-refractivity contribution in [2.45, 2.75) is 58.7 Å².